The third-order valence-electron chi connectivity index (χ3n) is 4.60. The first-order valence-corrected chi connectivity index (χ1v) is 9.83. The second kappa shape index (κ2) is 9.01. The maximum Gasteiger partial charge on any atom is 0.252 e. The fraction of sp³-hybridized carbons (Fsp3) is 0.250. The van der Waals surface area contributed by atoms with Crippen molar-refractivity contribution in [2.45, 2.75) is 0 Å². The molecule has 2 aromatic rings. The summed E-state index contributed by atoms with van der Waals surface area (Å²) >= 11 is 2.08. The minimum Gasteiger partial charge on any atom is -0.367 e. The van der Waals surface area contributed by atoms with Crippen LogP contribution in [0.4, 0.5) is 10.1 Å². The van der Waals surface area contributed by atoms with Crippen LogP contribution in [0.25, 0.3) is 0 Å². The van der Waals surface area contributed by atoms with Crippen molar-refractivity contribution in [3.63, 3.8) is 0 Å². The van der Waals surface area contributed by atoms with Crippen LogP contribution in [-0.4, -0.2) is 49.4 Å². The maximum absolute atomic E-state index is 13.8. The van der Waals surface area contributed by atoms with Gasteiger partial charge in [0.15, 0.2) is 0 Å². The summed E-state index contributed by atoms with van der Waals surface area (Å²) in [5, 5.41) is 11.8. The number of carbonyl (C=O) groups is 2. The van der Waals surface area contributed by atoms with Crippen LogP contribution in [-0.2, 0) is 4.79 Å². The number of nitrogens with one attached hydrogen (secondary N) is 1. The summed E-state index contributed by atoms with van der Waals surface area (Å²) in [5.41, 5.74) is 1.10. The van der Waals surface area contributed by atoms with Gasteiger partial charge in [-0.15, -0.1) is 0 Å². The first-order valence-electron chi connectivity index (χ1n) is 8.75. The van der Waals surface area contributed by atoms with E-state index in [2.05, 4.69) is 27.9 Å². The van der Waals surface area contributed by atoms with Gasteiger partial charge in [0.25, 0.3) is 5.91 Å². The number of benzene rings is 2. The summed E-state index contributed by atoms with van der Waals surface area (Å²) in [6.45, 7) is 1.80. The fourth-order valence-corrected chi connectivity index (χ4v) is 3.72. The zero-order valence-electron chi connectivity index (χ0n) is 15.0. The summed E-state index contributed by atoms with van der Waals surface area (Å²) < 4.78 is 14.6. The normalized spacial score (nSPS) is 13.8. The summed E-state index contributed by atoms with van der Waals surface area (Å²) in [5.74, 6) is -0.995. The topological polar surface area (TPSA) is 76.4 Å². The van der Waals surface area contributed by atoms with Crippen LogP contribution in [0, 0.1) is 20.7 Å². The van der Waals surface area contributed by atoms with E-state index in [9.17, 15) is 19.2 Å². The average molecular weight is 492 g/mol. The Hall–Kier alpha value is -2.67. The predicted octanol–water partition coefficient (Wildman–Crippen LogP) is 2.38. The Balaban J connectivity index is 1.55. The molecule has 0 bridgehead atoms. The van der Waals surface area contributed by atoms with Gasteiger partial charge in [-0.05, 0) is 46.9 Å². The quantitative estimate of drug-likeness (QED) is 0.666. The van der Waals surface area contributed by atoms with Gasteiger partial charge in [-0.1, -0.05) is 18.2 Å². The summed E-state index contributed by atoms with van der Waals surface area (Å²) in [6.07, 6.45) is 0. The lowest BCUT2D eigenvalue weighted by atomic mass is 10.1. The lowest BCUT2D eigenvalue weighted by Crippen LogP contribution is -2.51. The van der Waals surface area contributed by atoms with E-state index in [4.69, 9.17) is 0 Å². The molecule has 1 fully saturated rings. The molecule has 2 amide bonds. The van der Waals surface area contributed by atoms with Crippen molar-refractivity contribution in [2.24, 2.45) is 0 Å². The number of anilines is 1. The Morgan fingerprint density at radius 3 is 2.50 bits per heavy atom. The van der Waals surface area contributed by atoms with E-state index in [1.165, 1.54) is 6.07 Å². The Morgan fingerprint density at radius 1 is 1.11 bits per heavy atom. The van der Waals surface area contributed by atoms with Crippen molar-refractivity contribution in [3.05, 3.63) is 63.0 Å². The molecule has 6 nitrogen and oxygen atoms in total. The Kier molecular flexibility index (Phi) is 6.46. The number of piperazine rings is 1. The summed E-state index contributed by atoms with van der Waals surface area (Å²) in [7, 11) is 0. The van der Waals surface area contributed by atoms with Gasteiger partial charge in [0.2, 0.25) is 5.91 Å². The number of hydrogen-bond donors (Lipinski definition) is 1. The van der Waals surface area contributed by atoms with Crippen LogP contribution in [0.1, 0.15) is 15.9 Å². The lowest BCUT2D eigenvalue weighted by molar-refractivity contribution is -0.130. The minimum atomic E-state index is -0.545. The lowest BCUT2D eigenvalue weighted by Gasteiger charge is -2.36. The van der Waals surface area contributed by atoms with E-state index in [1.54, 1.807) is 29.2 Å². The van der Waals surface area contributed by atoms with E-state index < -0.39 is 5.82 Å². The highest BCUT2D eigenvalue weighted by Crippen LogP contribution is 2.23. The fourth-order valence-electron chi connectivity index (χ4n) is 3.09. The van der Waals surface area contributed by atoms with Crippen molar-refractivity contribution in [2.75, 3.05) is 37.6 Å². The van der Waals surface area contributed by atoms with Gasteiger partial charge in [0, 0.05) is 29.7 Å². The molecule has 3 rings (SSSR count). The average Bonchev–Trinajstić information content (AvgIpc) is 2.72. The molecule has 8 heteroatoms. The molecule has 1 saturated heterocycles. The third-order valence-corrected chi connectivity index (χ3v) is 5.54. The molecule has 0 aromatic heterocycles. The first-order chi connectivity index (χ1) is 13.5. The van der Waals surface area contributed by atoms with Crippen molar-refractivity contribution >= 4 is 40.1 Å². The SMILES string of the molecule is N#Cc1c(F)cccc1N1CCN(C(=O)CNC(=O)c2ccccc2I)CC1. The van der Waals surface area contributed by atoms with Crippen LogP contribution in [0.5, 0.6) is 0 Å². The van der Waals surface area contributed by atoms with Gasteiger partial charge in [-0.3, -0.25) is 9.59 Å². The highest BCUT2D eigenvalue weighted by molar-refractivity contribution is 14.1. The Labute approximate surface area is 176 Å². The van der Waals surface area contributed by atoms with Crippen molar-refractivity contribution in [1.29, 1.82) is 5.26 Å². The number of rotatable bonds is 4. The summed E-state index contributed by atoms with van der Waals surface area (Å²) in [6, 6.07) is 13.6. The number of carbonyl (C=O) groups excluding carboxylic acids is 2. The molecule has 28 heavy (non-hydrogen) atoms. The van der Waals surface area contributed by atoms with Crippen LogP contribution in [0.2, 0.25) is 0 Å². The maximum atomic E-state index is 13.8. The second-order valence-corrected chi connectivity index (χ2v) is 7.44. The van der Waals surface area contributed by atoms with Crippen molar-refractivity contribution in [1.82, 2.24) is 10.2 Å². The Morgan fingerprint density at radius 2 is 1.82 bits per heavy atom. The van der Waals surface area contributed by atoms with Crippen molar-refractivity contribution in [3.8, 4) is 6.07 Å². The molecule has 1 N–H and O–H groups in total. The van der Waals surface area contributed by atoms with Crippen LogP contribution in [0.15, 0.2) is 42.5 Å². The number of nitriles is 1. The predicted molar refractivity (Wildman–Crippen MR) is 111 cm³/mol. The molecule has 1 heterocycles. The molecule has 0 atom stereocenters. The van der Waals surface area contributed by atoms with E-state index in [0.717, 1.165) is 3.57 Å². The van der Waals surface area contributed by atoms with Crippen LogP contribution >= 0.6 is 22.6 Å². The number of hydrogen-bond acceptors (Lipinski definition) is 4. The standard InChI is InChI=1S/C20H18FIN4O2/c21-16-5-3-7-18(15(16)12-23)25-8-10-26(11-9-25)19(27)13-24-20(28)14-4-1-2-6-17(14)22/h1-7H,8-11,13H2,(H,24,28). The molecule has 0 unspecified atom stereocenters. The molecular formula is C20H18FIN4O2. The second-order valence-electron chi connectivity index (χ2n) is 6.28. The number of nitrogens with zero attached hydrogens (tertiary/aromatic N) is 3. The zero-order chi connectivity index (χ0) is 20.1. The van der Waals surface area contributed by atoms with Gasteiger partial charge in [-0.2, -0.15) is 5.26 Å². The minimum absolute atomic E-state index is 0.0204. The van der Waals surface area contributed by atoms with E-state index in [0.29, 0.717) is 37.4 Å². The van der Waals surface area contributed by atoms with E-state index in [-0.39, 0.29) is 23.9 Å². The van der Waals surface area contributed by atoms with Gasteiger partial charge < -0.3 is 15.1 Å². The highest BCUT2D eigenvalue weighted by atomic mass is 127. The third kappa shape index (κ3) is 4.42. The van der Waals surface area contributed by atoms with Gasteiger partial charge >= 0.3 is 0 Å². The molecular weight excluding hydrogens is 474 g/mol. The summed E-state index contributed by atoms with van der Waals surface area (Å²) in [4.78, 5) is 28.2. The number of amides is 2. The molecule has 0 radical (unpaired) electrons. The van der Waals surface area contributed by atoms with Crippen molar-refractivity contribution < 1.29 is 14.0 Å². The highest BCUT2D eigenvalue weighted by Gasteiger charge is 2.24. The van der Waals surface area contributed by atoms with Gasteiger partial charge in [0.05, 0.1) is 17.8 Å². The molecule has 0 saturated carbocycles. The molecule has 0 aliphatic carbocycles. The molecule has 2 aromatic carbocycles. The zero-order valence-corrected chi connectivity index (χ0v) is 17.1. The first kappa shape index (κ1) is 20.1. The smallest absolute Gasteiger partial charge is 0.252 e. The number of halogens is 2. The molecule has 144 valence electrons. The molecule has 1 aliphatic heterocycles. The van der Waals surface area contributed by atoms with Gasteiger partial charge in [-0.25, -0.2) is 4.39 Å². The molecule has 1 aliphatic rings. The van der Waals surface area contributed by atoms with E-state index >= 15 is 0 Å². The monoisotopic (exact) mass is 492 g/mol. The molecule has 0 spiro atoms. The Bertz CT molecular complexity index is 936. The van der Waals surface area contributed by atoms with Crippen LogP contribution < -0.4 is 10.2 Å². The van der Waals surface area contributed by atoms with E-state index in [1.807, 2.05) is 23.1 Å². The van der Waals surface area contributed by atoms with Gasteiger partial charge in [0.1, 0.15) is 17.4 Å². The largest absolute Gasteiger partial charge is 0.367 e. The van der Waals surface area contributed by atoms with Crippen LogP contribution in [0.3, 0.4) is 0 Å².